The van der Waals surface area contributed by atoms with Crippen LogP contribution < -0.4 is 5.73 Å². The van der Waals surface area contributed by atoms with Gasteiger partial charge in [0.2, 0.25) is 10.0 Å². The number of carboxylic acid groups (broad SMARTS) is 1. The van der Waals surface area contributed by atoms with Crippen LogP contribution in [0.5, 0.6) is 0 Å². The van der Waals surface area contributed by atoms with Crippen LogP contribution in [0.15, 0.2) is 23.1 Å². The average Bonchev–Trinajstić information content (AvgIpc) is 2.37. The highest BCUT2D eigenvalue weighted by Crippen LogP contribution is 2.22. The Morgan fingerprint density at radius 3 is 2.57 bits per heavy atom. The van der Waals surface area contributed by atoms with Crippen molar-refractivity contribution in [1.82, 2.24) is 4.31 Å². The number of anilines is 1. The summed E-state index contributed by atoms with van der Waals surface area (Å²) in [5, 5.41) is 9.10. The van der Waals surface area contributed by atoms with Gasteiger partial charge in [0.05, 0.1) is 23.2 Å². The Bertz CT molecular complexity index is 613. The van der Waals surface area contributed by atoms with Gasteiger partial charge in [0.25, 0.3) is 0 Å². The molecule has 1 aromatic carbocycles. The van der Waals surface area contributed by atoms with Crippen molar-refractivity contribution >= 4 is 21.7 Å². The fourth-order valence-corrected chi connectivity index (χ4v) is 3.00. The molecule has 0 bridgehead atoms. The molecule has 0 fully saturated rings. The Morgan fingerprint density at radius 1 is 1.43 bits per heavy atom. The number of rotatable bonds is 7. The van der Waals surface area contributed by atoms with E-state index in [-0.39, 0.29) is 35.4 Å². The van der Waals surface area contributed by atoms with E-state index in [0.717, 1.165) is 10.4 Å². The summed E-state index contributed by atoms with van der Waals surface area (Å²) in [4.78, 5) is 10.8. The molecular weight excluding hydrogens is 296 g/mol. The normalized spacial score (nSPS) is 12.0. The fraction of sp³-hybridized carbons (Fsp3) is 0.462. The molecular formula is C13H20N2O5S. The van der Waals surface area contributed by atoms with Gasteiger partial charge in [0.15, 0.2) is 0 Å². The van der Waals surface area contributed by atoms with Gasteiger partial charge in [0, 0.05) is 19.3 Å². The standard InChI is InChI=1S/C13H20N2O5S/c1-9(2)20-7-6-15(3)21(18,19)12-8-10(14)4-5-11(12)13(16)17/h4-5,8-9H,6-7,14H2,1-3H3,(H,16,17). The zero-order chi connectivity index (χ0) is 16.2. The van der Waals surface area contributed by atoms with E-state index in [4.69, 9.17) is 15.6 Å². The topological polar surface area (TPSA) is 110 Å². The number of sulfonamides is 1. The van der Waals surface area contributed by atoms with E-state index in [1.807, 2.05) is 13.8 Å². The molecule has 7 nitrogen and oxygen atoms in total. The van der Waals surface area contributed by atoms with Crippen molar-refractivity contribution < 1.29 is 23.1 Å². The number of ether oxygens (including phenoxy) is 1. The maximum Gasteiger partial charge on any atom is 0.337 e. The van der Waals surface area contributed by atoms with E-state index in [1.165, 1.54) is 19.2 Å². The third-order valence-electron chi connectivity index (χ3n) is 2.78. The van der Waals surface area contributed by atoms with E-state index in [2.05, 4.69) is 0 Å². The van der Waals surface area contributed by atoms with Crippen molar-refractivity contribution in [3.8, 4) is 0 Å². The zero-order valence-electron chi connectivity index (χ0n) is 12.2. The third kappa shape index (κ3) is 4.42. The predicted octanol–water partition coefficient (Wildman–Crippen LogP) is 1.01. The van der Waals surface area contributed by atoms with Gasteiger partial charge in [-0.25, -0.2) is 13.2 Å². The van der Waals surface area contributed by atoms with Crippen LogP contribution in [0.2, 0.25) is 0 Å². The number of carboxylic acids is 1. The average molecular weight is 316 g/mol. The first-order valence-corrected chi connectivity index (χ1v) is 7.81. The van der Waals surface area contributed by atoms with Gasteiger partial charge >= 0.3 is 5.97 Å². The molecule has 0 heterocycles. The number of benzene rings is 1. The number of aromatic carboxylic acids is 1. The number of carbonyl (C=O) groups is 1. The monoisotopic (exact) mass is 316 g/mol. The molecule has 21 heavy (non-hydrogen) atoms. The molecule has 3 N–H and O–H groups in total. The molecule has 0 atom stereocenters. The molecule has 1 rings (SSSR count). The van der Waals surface area contributed by atoms with Gasteiger partial charge in [-0.3, -0.25) is 0 Å². The van der Waals surface area contributed by atoms with Gasteiger partial charge in [-0.15, -0.1) is 0 Å². The summed E-state index contributed by atoms with van der Waals surface area (Å²) < 4.78 is 31.2. The number of likely N-dealkylation sites (N-methyl/N-ethyl adjacent to an activating group) is 1. The molecule has 0 saturated heterocycles. The van der Waals surface area contributed by atoms with Crippen molar-refractivity contribution in [3.05, 3.63) is 23.8 Å². The minimum atomic E-state index is -3.94. The van der Waals surface area contributed by atoms with Crippen LogP contribution in [-0.4, -0.2) is 50.1 Å². The molecule has 118 valence electrons. The van der Waals surface area contributed by atoms with Gasteiger partial charge in [0.1, 0.15) is 0 Å². The van der Waals surface area contributed by atoms with Crippen LogP contribution in [0.4, 0.5) is 5.69 Å². The number of nitrogen functional groups attached to an aromatic ring is 1. The van der Waals surface area contributed by atoms with Crippen LogP contribution in [0.3, 0.4) is 0 Å². The minimum Gasteiger partial charge on any atom is -0.478 e. The number of hydrogen-bond acceptors (Lipinski definition) is 5. The largest absolute Gasteiger partial charge is 0.478 e. The van der Waals surface area contributed by atoms with E-state index < -0.39 is 16.0 Å². The van der Waals surface area contributed by atoms with E-state index in [9.17, 15) is 13.2 Å². The van der Waals surface area contributed by atoms with E-state index >= 15 is 0 Å². The maximum atomic E-state index is 12.4. The van der Waals surface area contributed by atoms with Crippen LogP contribution >= 0.6 is 0 Å². The van der Waals surface area contributed by atoms with Crippen LogP contribution in [0.1, 0.15) is 24.2 Å². The first-order chi connectivity index (χ1) is 9.66. The Hall–Kier alpha value is -1.64. The van der Waals surface area contributed by atoms with Gasteiger partial charge < -0.3 is 15.6 Å². The quantitative estimate of drug-likeness (QED) is 0.727. The first kappa shape index (κ1) is 17.4. The fourth-order valence-electron chi connectivity index (χ4n) is 1.63. The molecule has 0 aliphatic heterocycles. The Kier molecular flexibility index (Phi) is 5.70. The van der Waals surface area contributed by atoms with Crippen LogP contribution in [0.25, 0.3) is 0 Å². The molecule has 0 aliphatic carbocycles. The van der Waals surface area contributed by atoms with E-state index in [0.29, 0.717) is 0 Å². The highest BCUT2D eigenvalue weighted by molar-refractivity contribution is 7.89. The Labute approximate surface area is 124 Å². The summed E-state index contributed by atoms with van der Waals surface area (Å²) in [6.07, 6.45) is -0.0111. The van der Waals surface area contributed by atoms with Crippen molar-refractivity contribution in [1.29, 1.82) is 0 Å². The summed E-state index contributed by atoms with van der Waals surface area (Å²) in [6.45, 7) is 4.02. The van der Waals surface area contributed by atoms with Gasteiger partial charge in [-0.2, -0.15) is 4.31 Å². The second-order valence-electron chi connectivity index (χ2n) is 4.81. The summed E-state index contributed by atoms with van der Waals surface area (Å²) in [5.41, 5.74) is 5.44. The molecule has 0 aromatic heterocycles. The van der Waals surface area contributed by atoms with Gasteiger partial charge in [-0.05, 0) is 32.0 Å². The number of nitrogens with two attached hydrogens (primary N) is 1. The molecule has 0 saturated carbocycles. The lowest BCUT2D eigenvalue weighted by Crippen LogP contribution is -2.32. The smallest absolute Gasteiger partial charge is 0.337 e. The van der Waals surface area contributed by atoms with Crippen molar-refractivity contribution in [2.24, 2.45) is 0 Å². The lowest BCUT2D eigenvalue weighted by molar-refractivity contribution is 0.0692. The SMILES string of the molecule is CC(C)OCCN(C)S(=O)(=O)c1cc(N)ccc1C(=O)O. The Morgan fingerprint density at radius 2 is 2.05 bits per heavy atom. The van der Waals surface area contributed by atoms with Gasteiger partial charge in [-0.1, -0.05) is 0 Å². The zero-order valence-corrected chi connectivity index (χ0v) is 13.1. The van der Waals surface area contributed by atoms with Crippen molar-refractivity contribution in [3.63, 3.8) is 0 Å². The molecule has 0 radical (unpaired) electrons. The second-order valence-corrected chi connectivity index (χ2v) is 6.82. The maximum absolute atomic E-state index is 12.4. The van der Waals surface area contributed by atoms with Crippen molar-refractivity contribution in [2.45, 2.75) is 24.8 Å². The molecule has 1 aromatic rings. The summed E-state index contributed by atoms with van der Waals surface area (Å²) in [5.74, 6) is -1.32. The minimum absolute atomic E-state index is 0.0111. The number of hydrogen-bond donors (Lipinski definition) is 2. The first-order valence-electron chi connectivity index (χ1n) is 6.37. The van der Waals surface area contributed by atoms with Crippen LogP contribution in [0, 0.1) is 0 Å². The second kappa shape index (κ2) is 6.88. The molecule has 0 spiro atoms. The molecule has 0 unspecified atom stereocenters. The lowest BCUT2D eigenvalue weighted by Gasteiger charge is -2.19. The third-order valence-corrected chi connectivity index (χ3v) is 4.68. The highest BCUT2D eigenvalue weighted by atomic mass is 32.2. The molecule has 0 amide bonds. The van der Waals surface area contributed by atoms with Crippen LogP contribution in [-0.2, 0) is 14.8 Å². The lowest BCUT2D eigenvalue weighted by atomic mass is 10.2. The van der Waals surface area contributed by atoms with E-state index in [1.54, 1.807) is 0 Å². The van der Waals surface area contributed by atoms with Crippen molar-refractivity contribution in [2.75, 3.05) is 25.9 Å². The summed E-state index contributed by atoms with van der Waals surface area (Å²) in [7, 11) is -2.57. The highest BCUT2D eigenvalue weighted by Gasteiger charge is 2.26. The predicted molar refractivity (Wildman–Crippen MR) is 78.7 cm³/mol. The number of nitrogens with zero attached hydrogens (tertiary/aromatic N) is 1. The molecule has 8 heteroatoms. The summed E-state index contributed by atoms with van der Waals surface area (Å²) in [6, 6.07) is 3.69. The summed E-state index contributed by atoms with van der Waals surface area (Å²) >= 11 is 0. The molecule has 0 aliphatic rings. The Balaban J connectivity index is 3.07.